The van der Waals surface area contributed by atoms with Crippen molar-refractivity contribution in [3.8, 4) is 11.5 Å². The van der Waals surface area contributed by atoms with E-state index in [1.165, 1.54) is 7.05 Å². The Balaban J connectivity index is 1.84. The number of carbonyl (C=O) groups excluding carboxylic acids is 2. The average molecular weight is 327 g/mol. The molecule has 0 saturated carbocycles. The Labute approximate surface area is 139 Å². The van der Waals surface area contributed by atoms with Crippen LogP contribution in [-0.2, 0) is 4.79 Å². The third-order valence-electron chi connectivity index (χ3n) is 3.54. The van der Waals surface area contributed by atoms with Crippen LogP contribution in [0, 0.1) is 0 Å². The Morgan fingerprint density at radius 3 is 2.54 bits per heavy atom. The monoisotopic (exact) mass is 327 g/mol. The highest BCUT2D eigenvalue weighted by atomic mass is 16.7. The lowest BCUT2D eigenvalue weighted by molar-refractivity contribution is -0.120. The molecule has 2 aromatic rings. The SMILES string of the molecule is CNC(=O)NC(=O)[C@H](Nc1ccc2c(c1)OCO2)c1ccccc1. The zero-order chi connectivity index (χ0) is 16.9. The third-order valence-corrected chi connectivity index (χ3v) is 3.54. The lowest BCUT2D eigenvalue weighted by atomic mass is 10.1. The zero-order valence-corrected chi connectivity index (χ0v) is 13.0. The van der Waals surface area contributed by atoms with Crippen LogP contribution in [0.3, 0.4) is 0 Å². The molecule has 0 aromatic heterocycles. The van der Waals surface area contributed by atoms with E-state index in [0.717, 1.165) is 5.56 Å². The van der Waals surface area contributed by atoms with E-state index in [2.05, 4.69) is 16.0 Å². The summed E-state index contributed by atoms with van der Waals surface area (Å²) < 4.78 is 10.6. The molecule has 0 radical (unpaired) electrons. The second kappa shape index (κ2) is 6.91. The molecule has 1 aliphatic heterocycles. The van der Waals surface area contributed by atoms with E-state index in [4.69, 9.17) is 9.47 Å². The fraction of sp³-hybridized carbons (Fsp3) is 0.176. The van der Waals surface area contributed by atoms with Gasteiger partial charge in [-0.3, -0.25) is 10.1 Å². The molecule has 7 heteroatoms. The molecular formula is C17H17N3O4. The molecular weight excluding hydrogens is 310 g/mol. The van der Waals surface area contributed by atoms with Gasteiger partial charge >= 0.3 is 6.03 Å². The minimum Gasteiger partial charge on any atom is -0.454 e. The van der Waals surface area contributed by atoms with Gasteiger partial charge in [0.1, 0.15) is 6.04 Å². The minimum atomic E-state index is -0.733. The molecule has 0 saturated heterocycles. The topological polar surface area (TPSA) is 88.7 Å². The number of rotatable bonds is 4. The van der Waals surface area contributed by atoms with Gasteiger partial charge in [-0.25, -0.2) is 4.79 Å². The Bertz CT molecular complexity index is 749. The van der Waals surface area contributed by atoms with E-state index in [0.29, 0.717) is 17.2 Å². The number of amides is 3. The van der Waals surface area contributed by atoms with E-state index in [1.54, 1.807) is 18.2 Å². The molecule has 0 aliphatic carbocycles. The molecule has 1 aliphatic rings. The van der Waals surface area contributed by atoms with Crippen molar-refractivity contribution in [1.29, 1.82) is 0 Å². The molecule has 124 valence electrons. The molecule has 0 bridgehead atoms. The molecule has 0 spiro atoms. The number of benzene rings is 2. The van der Waals surface area contributed by atoms with Gasteiger partial charge in [0.15, 0.2) is 11.5 Å². The van der Waals surface area contributed by atoms with Crippen LogP contribution in [0.4, 0.5) is 10.5 Å². The molecule has 1 atom stereocenters. The lowest BCUT2D eigenvalue weighted by Crippen LogP contribution is -2.42. The number of carbonyl (C=O) groups is 2. The zero-order valence-electron chi connectivity index (χ0n) is 13.0. The largest absolute Gasteiger partial charge is 0.454 e. The summed E-state index contributed by atoms with van der Waals surface area (Å²) in [5.74, 6) is 0.809. The van der Waals surface area contributed by atoms with Gasteiger partial charge in [-0.2, -0.15) is 0 Å². The first-order valence-corrected chi connectivity index (χ1v) is 7.41. The van der Waals surface area contributed by atoms with Gasteiger partial charge in [0.25, 0.3) is 5.91 Å². The first-order valence-electron chi connectivity index (χ1n) is 7.41. The van der Waals surface area contributed by atoms with Gasteiger partial charge in [0, 0.05) is 18.8 Å². The van der Waals surface area contributed by atoms with Gasteiger partial charge in [0.05, 0.1) is 0 Å². The van der Waals surface area contributed by atoms with E-state index in [9.17, 15) is 9.59 Å². The molecule has 3 amide bonds. The first kappa shape index (κ1) is 15.7. The summed E-state index contributed by atoms with van der Waals surface area (Å²) >= 11 is 0. The predicted molar refractivity (Wildman–Crippen MR) is 88.0 cm³/mol. The number of urea groups is 1. The summed E-state index contributed by atoms with van der Waals surface area (Å²) in [6.45, 7) is 0.179. The quantitative estimate of drug-likeness (QED) is 0.799. The second-order valence-electron chi connectivity index (χ2n) is 5.12. The number of anilines is 1. The van der Waals surface area contributed by atoms with Crippen LogP contribution < -0.4 is 25.4 Å². The van der Waals surface area contributed by atoms with Gasteiger partial charge in [-0.15, -0.1) is 0 Å². The van der Waals surface area contributed by atoms with Crippen molar-refractivity contribution in [2.75, 3.05) is 19.2 Å². The highest BCUT2D eigenvalue weighted by molar-refractivity contribution is 5.98. The minimum absolute atomic E-state index is 0.179. The molecule has 1 heterocycles. The standard InChI is InChI=1S/C17H17N3O4/c1-18-17(22)20-16(21)15(11-5-3-2-4-6-11)19-12-7-8-13-14(9-12)24-10-23-13/h2-9,15,19H,10H2,1H3,(H2,18,20,21,22)/t15-/m1/s1. The van der Waals surface area contributed by atoms with Gasteiger partial charge in [-0.1, -0.05) is 30.3 Å². The molecule has 3 rings (SSSR count). The van der Waals surface area contributed by atoms with Crippen molar-refractivity contribution in [3.05, 3.63) is 54.1 Å². The summed E-state index contributed by atoms with van der Waals surface area (Å²) in [5.41, 5.74) is 1.41. The van der Waals surface area contributed by atoms with Gasteiger partial charge < -0.3 is 20.1 Å². The van der Waals surface area contributed by atoms with Crippen molar-refractivity contribution < 1.29 is 19.1 Å². The van der Waals surface area contributed by atoms with E-state index in [1.807, 2.05) is 30.3 Å². The van der Waals surface area contributed by atoms with E-state index in [-0.39, 0.29) is 6.79 Å². The Kier molecular flexibility index (Phi) is 4.51. The van der Waals surface area contributed by atoms with Gasteiger partial charge in [0.2, 0.25) is 6.79 Å². The highest BCUT2D eigenvalue weighted by Crippen LogP contribution is 2.35. The fourth-order valence-corrected chi connectivity index (χ4v) is 2.35. The normalized spacial score (nSPS) is 13.0. The number of fused-ring (bicyclic) bond motifs is 1. The van der Waals surface area contributed by atoms with Crippen molar-refractivity contribution >= 4 is 17.6 Å². The number of hydrogen-bond donors (Lipinski definition) is 3. The van der Waals surface area contributed by atoms with Gasteiger partial charge in [-0.05, 0) is 17.7 Å². The van der Waals surface area contributed by atoms with Crippen LogP contribution >= 0.6 is 0 Å². The summed E-state index contributed by atoms with van der Waals surface area (Å²) in [6.07, 6.45) is 0. The average Bonchev–Trinajstić information content (AvgIpc) is 3.08. The molecule has 0 fully saturated rings. The first-order chi connectivity index (χ1) is 11.7. The maximum absolute atomic E-state index is 12.5. The third kappa shape index (κ3) is 3.40. The Morgan fingerprint density at radius 2 is 1.79 bits per heavy atom. The van der Waals surface area contributed by atoms with Crippen LogP contribution in [0.2, 0.25) is 0 Å². The molecule has 3 N–H and O–H groups in total. The van der Waals surface area contributed by atoms with E-state index >= 15 is 0 Å². The predicted octanol–water partition coefficient (Wildman–Crippen LogP) is 2.02. The number of imide groups is 1. The highest BCUT2D eigenvalue weighted by Gasteiger charge is 2.23. The Hall–Kier alpha value is -3.22. The number of nitrogens with one attached hydrogen (secondary N) is 3. The van der Waals surface area contributed by atoms with E-state index < -0.39 is 18.0 Å². The molecule has 2 aromatic carbocycles. The number of hydrogen-bond acceptors (Lipinski definition) is 5. The molecule has 24 heavy (non-hydrogen) atoms. The summed E-state index contributed by atoms with van der Waals surface area (Å²) in [7, 11) is 1.45. The van der Waals surface area contributed by atoms with Crippen LogP contribution in [-0.4, -0.2) is 25.8 Å². The maximum atomic E-state index is 12.5. The van der Waals surface area contributed by atoms with Crippen molar-refractivity contribution in [1.82, 2.24) is 10.6 Å². The van der Waals surface area contributed by atoms with Crippen LogP contribution in [0.15, 0.2) is 48.5 Å². The lowest BCUT2D eigenvalue weighted by Gasteiger charge is -2.19. The van der Waals surface area contributed by atoms with Crippen LogP contribution in [0.5, 0.6) is 11.5 Å². The molecule has 7 nitrogen and oxygen atoms in total. The van der Waals surface area contributed by atoms with Crippen LogP contribution in [0.25, 0.3) is 0 Å². The summed E-state index contributed by atoms with van der Waals surface area (Å²) in [4.78, 5) is 23.9. The van der Waals surface area contributed by atoms with Crippen LogP contribution in [0.1, 0.15) is 11.6 Å². The van der Waals surface area contributed by atoms with Crippen molar-refractivity contribution in [3.63, 3.8) is 0 Å². The molecule has 0 unspecified atom stereocenters. The number of ether oxygens (including phenoxy) is 2. The smallest absolute Gasteiger partial charge is 0.321 e. The fourth-order valence-electron chi connectivity index (χ4n) is 2.35. The summed E-state index contributed by atoms with van der Waals surface area (Å²) in [5, 5.41) is 7.78. The second-order valence-corrected chi connectivity index (χ2v) is 5.12. The van der Waals surface area contributed by atoms with Crippen molar-refractivity contribution in [2.24, 2.45) is 0 Å². The van der Waals surface area contributed by atoms with Crippen molar-refractivity contribution in [2.45, 2.75) is 6.04 Å². The Morgan fingerprint density at radius 1 is 1.04 bits per heavy atom. The maximum Gasteiger partial charge on any atom is 0.321 e. The summed E-state index contributed by atoms with van der Waals surface area (Å²) in [6, 6.07) is 13.2.